The first-order valence-corrected chi connectivity index (χ1v) is 11.9. The third-order valence-electron chi connectivity index (χ3n) is 5.56. The van der Waals surface area contributed by atoms with Crippen molar-refractivity contribution in [3.63, 3.8) is 0 Å². The summed E-state index contributed by atoms with van der Waals surface area (Å²) < 4.78 is 34.0. The molecule has 0 amide bonds. The van der Waals surface area contributed by atoms with Gasteiger partial charge in [0.25, 0.3) is 0 Å². The normalized spacial score (nSPS) is 19.0. The molecule has 3 N–H and O–H groups in total. The number of aryl methyl sites for hydroxylation is 1. The van der Waals surface area contributed by atoms with Crippen LogP contribution in [0.1, 0.15) is 17.7 Å². The standard InChI is InChI=1S/C23H25N3O5S/c1-15-12-16(19-4-2-3-5-21(19)25-15)14-31-17-6-8-18(9-7-17)32(29,30)26-22-10-11-24-13-20(22)23(27)28/h2-9,12,20,22,24,26H,10-11,13-14H2,1H3,(H,27,28). The number of sulfonamides is 1. The lowest BCUT2D eigenvalue weighted by Crippen LogP contribution is -2.52. The number of hydrogen-bond acceptors (Lipinski definition) is 6. The van der Waals surface area contributed by atoms with E-state index in [2.05, 4.69) is 15.0 Å². The number of nitrogens with zero attached hydrogens (tertiary/aromatic N) is 1. The zero-order chi connectivity index (χ0) is 22.7. The van der Waals surface area contributed by atoms with E-state index >= 15 is 0 Å². The average Bonchev–Trinajstić information content (AvgIpc) is 2.77. The van der Waals surface area contributed by atoms with Gasteiger partial charge in [0.1, 0.15) is 12.4 Å². The largest absolute Gasteiger partial charge is 0.489 e. The third-order valence-corrected chi connectivity index (χ3v) is 7.07. The van der Waals surface area contributed by atoms with Gasteiger partial charge in [0, 0.05) is 29.2 Å². The summed E-state index contributed by atoms with van der Waals surface area (Å²) in [7, 11) is -3.85. The Morgan fingerprint density at radius 3 is 2.72 bits per heavy atom. The number of benzene rings is 2. The quantitative estimate of drug-likeness (QED) is 0.501. The lowest BCUT2D eigenvalue weighted by Gasteiger charge is -2.29. The van der Waals surface area contributed by atoms with Crippen molar-refractivity contribution in [3.05, 3.63) is 65.9 Å². The summed E-state index contributed by atoms with van der Waals surface area (Å²) in [6.45, 7) is 3.05. The molecule has 1 aromatic heterocycles. The molecule has 1 aliphatic heterocycles. The Labute approximate surface area is 186 Å². The lowest BCUT2D eigenvalue weighted by molar-refractivity contribution is -0.142. The summed E-state index contributed by atoms with van der Waals surface area (Å²) in [4.78, 5) is 16.0. The summed E-state index contributed by atoms with van der Waals surface area (Å²) in [5, 5.41) is 13.3. The van der Waals surface area contributed by atoms with Gasteiger partial charge in [-0.25, -0.2) is 13.1 Å². The first kappa shape index (κ1) is 22.2. The highest BCUT2D eigenvalue weighted by Gasteiger charge is 2.34. The van der Waals surface area contributed by atoms with Crippen molar-refractivity contribution in [1.82, 2.24) is 15.0 Å². The van der Waals surface area contributed by atoms with Crippen LogP contribution in [0.3, 0.4) is 0 Å². The number of ether oxygens (including phenoxy) is 1. The molecule has 8 nitrogen and oxygen atoms in total. The molecule has 1 saturated heterocycles. The first-order valence-electron chi connectivity index (χ1n) is 10.4. The minimum Gasteiger partial charge on any atom is -0.489 e. The topological polar surface area (TPSA) is 118 Å². The van der Waals surface area contributed by atoms with Gasteiger partial charge in [0.05, 0.1) is 16.3 Å². The number of hydrogen-bond donors (Lipinski definition) is 3. The van der Waals surface area contributed by atoms with Gasteiger partial charge in [-0.1, -0.05) is 18.2 Å². The van der Waals surface area contributed by atoms with Crippen LogP contribution in [0.2, 0.25) is 0 Å². The number of carboxylic acid groups (broad SMARTS) is 1. The average molecular weight is 456 g/mol. The molecular weight excluding hydrogens is 430 g/mol. The number of fused-ring (bicyclic) bond motifs is 1. The molecule has 0 spiro atoms. The van der Waals surface area contributed by atoms with Crippen LogP contribution < -0.4 is 14.8 Å². The van der Waals surface area contributed by atoms with Gasteiger partial charge in [0.2, 0.25) is 10.0 Å². The number of rotatable bonds is 7. The van der Waals surface area contributed by atoms with Crippen molar-refractivity contribution in [2.45, 2.75) is 30.9 Å². The van der Waals surface area contributed by atoms with Crippen LogP contribution in [-0.4, -0.2) is 43.6 Å². The van der Waals surface area contributed by atoms with Crippen LogP contribution in [0, 0.1) is 12.8 Å². The van der Waals surface area contributed by atoms with E-state index in [-0.39, 0.29) is 11.4 Å². The SMILES string of the molecule is Cc1cc(COc2ccc(S(=O)(=O)NC3CCNCC3C(=O)O)cc2)c2ccccc2n1. The van der Waals surface area contributed by atoms with E-state index in [0.29, 0.717) is 25.3 Å². The third kappa shape index (κ3) is 4.90. The number of aromatic nitrogens is 1. The van der Waals surface area contributed by atoms with Crippen LogP contribution >= 0.6 is 0 Å². The summed E-state index contributed by atoms with van der Waals surface area (Å²) in [6, 6.07) is 15.3. The molecule has 9 heteroatoms. The molecule has 2 unspecified atom stereocenters. The van der Waals surface area contributed by atoms with Crippen molar-refractivity contribution >= 4 is 26.9 Å². The highest BCUT2D eigenvalue weighted by Crippen LogP contribution is 2.22. The first-order chi connectivity index (χ1) is 15.3. The number of carboxylic acids is 1. The molecule has 1 fully saturated rings. The van der Waals surface area contributed by atoms with Crippen molar-refractivity contribution < 1.29 is 23.1 Å². The fourth-order valence-electron chi connectivity index (χ4n) is 3.92. The Morgan fingerprint density at radius 1 is 1.22 bits per heavy atom. The molecule has 32 heavy (non-hydrogen) atoms. The number of carbonyl (C=O) groups is 1. The predicted molar refractivity (Wildman–Crippen MR) is 120 cm³/mol. The number of nitrogens with one attached hydrogen (secondary N) is 2. The second kappa shape index (κ2) is 9.23. The number of pyridine rings is 1. The van der Waals surface area contributed by atoms with E-state index in [1.807, 2.05) is 37.3 Å². The van der Waals surface area contributed by atoms with E-state index < -0.39 is 28.0 Å². The molecular formula is C23H25N3O5S. The Hall–Kier alpha value is -3.01. The Kier molecular flexibility index (Phi) is 6.40. The van der Waals surface area contributed by atoms with Gasteiger partial charge in [-0.05, 0) is 56.3 Å². The van der Waals surface area contributed by atoms with Crippen molar-refractivity contribution in [1.29, 1.82) is 0 Å². The highest BCUT2D eigenvalue weighted by atomic mass is 32.2. The van der Waals surface area contributed by atoms with Crippen LogP contribution in [0.5, 0.6) is 5.75 Å². The fraction of sp³-hybridized carbons (Fsp3) is 0.304. The smallest absolute Gasteiger partial charge is 0.309 e. The summed E-state index contributed by atoms with van der Waals surface area (Å²) in [5.74, 6) is -1.29. The molecule has 4 rings (SSSR count). The maximum atomic E-state index is 12.8. The second-order valence-electron chi connectivity index (χ2n) is 7.87. The van der Waals surface area contributed by atoms with E-state index in [4.69, 9.17) is 4.74 Å². The Balaban J connectivity index is 1.46. The summed E-state index contributed by atoms with van der Waals surface area (Å²) in [5.41, 5.74) is 2.79. The summed E-state index contributed by atoms with van der Waals surface area (Å²) >= 11 is 0. The zero-order valence-corrected chi connectivity index (χ0v) is 18.4. The summed E-state index contributed by atoms with van der Waals surface area (Å²) in [6.07, 6.45) is 0.413. The van der Waals surface area contributed by atoms with E-state index in [0.717, 1.165) is 22.2 Å². The molecule has 2 aromatic carbocycles. The van der Waals surface area contributed by atoms with Crippen LogP contribution in [0.25, 0.3) is 10.9 Å². The van der Waals surface area contributed by atoms with Gasteiger partial charge in [-0.2, -0.15) is 0 Å². The van der Waals surface area contributed by atoms with E-state index in [1.165, 1.54) is 12.1 Å². The number of piperidine rings is 1. The van der Waals surface area contributed by atoms with Crippen molar-refractivity contribution in [2.24, 2.45) is 5.92 Å². The highest BCUT2D eigenvalue weighted by molar-refractivity contribution is 7.89. The van der Waals surface area contributed by atoms with Crippen LogP contribution in [-0.2, 0) is 21.4 Å². The van der Waals surface area contributed by atoms with Gasteiger partial charge >= 0.3 is 5.97 Å². The van der Waals surface area contributed by atoms with Gasteiger partial charge in [0.15, 0.2) is 0 Å². The van der Waals surface area contributed by atoms with E-state index in [1.54, 1.807) is 12.1 Å². The van der Waals surface area contributed by atoms with Crippen molar-refractivity contribution in [2.75, 3.05) is 13.1 Å². The minimum atomic E-state index is -3.85. The van der Waals surface area contributed by atoms with Gasteiger partial charge < -0.3 is 15.2 Å². The van der Waals surface area contributed by atoms with Gasteiger partial charge in [-0.15, -0.1) is 0 Å². The van der Waals surface area contributed by atoms with Crippen molar-refractivity contribution in [3.8, 4) is 5.75 Å². The lowest BCUT2D eigenvalue weighted by atomic mass is 9.94. The monoisotopic (exact) mass is 455 g/mol. The Bertz CT molecular complexity index is 1230. The molecule has 0 radical (unpaired) electrons. The van der Waals surface area contributed by atoms with E-state index in [9.17, 15) is 18.3 Å². The fourth-order valence-corrected chi connectivity index (χ4v) is 5.23. The molecule has 0 bridgehead atoms. The molecule has 0 saturated carbocycles. The number of aliphatic carboxylic acids is 1. The van der Waals surface area contributed by atoms with Crippen LogP contribution in [0.4, 0.5) is 0 Å². The molecule has 2 heterocycles. The molecule has 3 aromatic rings. The zero-order valence-electron chi connectivity index (χ0n) is 17.6. The molecule has 168 valence electrons. The predicted octanol–water partition coefficient (Wildman–Crippen LogP) is 2.46. The Morgan fingerprint density at radius 2 is 1.97 bits per heavy atom. The molecule has 1 aliphatic rings. The molecule has 0 aliphatic carbocycles. The molecule has 2 atom stereocenters. The second-order valence-corrected chi connectivity index (χ2v) is 9.58. The van der Waals surface area contributed by atoms with Gasteiger partial charge in [-0.3, -0.25) is 9.78 Å². The van der Waals surface area contributed by atoms with Crippen LogP contribution in [0.15, 0.2) is 59.5 Å². The number of para-hydroxylation sites is 1. The maximum absolute atomic E-state index is 12.8. The minimum absolute atomic E-state index is 0.0673. The maximum Gasteiger partial charge on any atom is 0.309 e.